The number of hydrogen-bond acceptors (Lipinski definition) is 7. The number of aromatic amines is 1. The molecule has 34 heavy (non-hydrogen) atoms. The molecule has 180 valence electrons. The molecule has 1 aromatic heterocycles. The second-order valence-corrected chi connectivity index (χ2v) is 9.67. The minimum atomic E-state index is -4.75. The van der Waals surface area contributed by atoms with Crippen LogP contribution in [-0.2, 0) is 27.4 Å². The number of hydrogen-bond donors (Lipinski definition) is 2. The van der Waals surface area contributed by atoms with E-state index in [2.05, 4.69) is 15.3 Å². The van der Waals surface area contributed by atoms with Crippen LogP contribution in [0.15, 0.2) is 74.5 Å². The number of carbonyl (C=O) groups excluding carboxylic acids is 1. The number of H-pyrrole nitrogens is 1. The van der Waals surface area contributed by atoms with E-state index in [-0.39, 0.29) is 23.4 Å². The van der Waals surface area contributed by atoms with Crippen LogP contribution in [0, 0.1) is 0 Å². The summed E-state index contributed by atoms with van der Waals surface area (Å²) < 4.78 is 69.3. The van der Waals surface area contributed by atoms with Crippen LogP contribution in [0.4, 0.5) is 13.2 Å². The first kappa shape index (κ1) is 25.3. The Bertz CT molecular complexity index is 1360. The molecular formula is C21H18F3N3O5S2. The summed E-state index contributed by atoms with van der Waals surface area (Å²) in [6.07, 6.45) is -3.99. The molecule has 0 saturated carbocycles. The highest BCUT2D eigenvalue weighted by Gasteiger charge is 2.32. The first-order chi connectivity index (χ1) is 16.0. The van der Waals surface area contributed by atoms with Gasteiger partial charge in [0.05, 0.1) is 29.5 Å². The Morgan fingerprint density at radius 3 is 2.59 bits per heavy atom. The van der Waals surface area contributed by atoms with Crippen LogP contribution in [0.5, 0.6) is 5.75 Å². The van der Waals surface area contributed by atoms with Gasteiger partial charge < -0.3 is 15.0 Å². The first-order valence-corrected chi connectivity index (χ1v) is 12.0. The third kappa shape index (κ3) is 5.97. The minimum Gasteiger partial charge on any atom is -0.496 e. The molecule has 2 N–H and O–H groups in total. The fourth-order valence-corrected chi connectivity index (χ4v) is 4.77. The number of aromatic nitrogens is 2. The number of carbonyl (C=O) groups is 1. The van der Waals surface area contributed by atoms with Gasteiger partial charge in [-0.2, -0.15) is 13.2 Å². The van der Waals surface area contributed by atoms with Gasteiger partial charge in [0.25, 0.3) is 5.56 Å². The summed E-state index contributed by atoms with van der Waals surface area (Å²) in [5, 5.41) is 2.66. The van der Waals surface area contributed by atoms with Gasteiger partial charge in [0.2, 0.25) is 15.7 Å². The third-order valence-electron chi connectivity index (χ3n) is 4.51. The number of rotatable bonds is 8. The quantitative estimate of drug-likeness (QED) is 0.351. The zero-order valence-corrected chi connectivity index (χ0v) is 19.2. The van der Waals surface area contributed by atoms with Crippen molar-refractivity contribution in [1.82, 2.24) is 15.3 Å². The molecule has 8 nitrogen and oxygen atoms in total. The van der Waals surface area contributed by atoms with E-state index in [1.807, 2.05) is 0 Å². The molecule has 0 bridgehead atoms. The average molecular weight is 514 g/mol. The number of nitrogens with zero attached hydrogens (tertiary/aromatic N) is 1. The van der Waals surface area contributed by atoms with Crippen molar-refractivity contribution >= 4 is 27.5 Å². The van der Waals surface area contributed by atoms with Crippen LogP contribution in [-0.4, -0.2) is 37.2 Å². The molecule has 2 aromatic carbocycles. The van der Waals surface area contributed by atoms with Gasteiger partial charge in [-0.3, -0.25) is 9.59 Å². The number of thioether (sulfide) groups is 1. The maximum atomic E-state index is 12.9. The zero-order chi connectivity index (χ0) is 24.9. The van der Waals surface area contributed by atoms with Crippen molar-refractivity contribution in [2.75, 3.05) is 12.9 Å². The Labute approximate surface area is 196 Å². The molecule has 0 aliphatic heterocycles. The number of alkyl halides is 3. The van der Waals surface area contributed by atoms with E-state index in [0.29, 0.717) is 11.8 Å². The van der Waals surface area contributed by atoms with Crippen molar-refractivity contribution in [3.63, 3.8) is 0 Å². The van der Waals surface area contributed by atoms with E-state index in [4.69, 9.17) is 4.74 Å². The number of para-hydroxylation sites is 1. The van der Waals surface area contributed by atoms with E-state index in [0.717, 1.165) is 41.7 Å². The molecule has 0 aliphatic rings. The normalized spacial score (nSPS) is 11.8. The molecule has 3 aromatic rings. The molecule has 0 spiro atoms. The highest BCUT2D eigenvalue weighted by atomic mass is 32.2. The van der Waals surface area contributed by atoms with Gasteiger partial charge in [-0.1, -0.05) is 36.0 Å². The number of benzene rings is 2. The summed E-state index contributed by atoms with van der Waals surface area (Å²) >= 11 is 0.855. The predicted molar refractivity (Wildman–Crippen MR) is 117 cm³/mol. The van der Waals surface area contributed by atoms with Gasteiger partial charge in [0, 0.05) is 12.1 Å². The molecule has 0 fully saturated rings. The van der Waals surface area contributed by atoms with Crippen LogP contribution >= 0.6 is 11.8 Å². The summed E-state index contributed by atoms with van der Waals surface area (Å²) in [4.78, 5) is 29.0. The number of sulfone groups is 1. The van der Waals surface area contributed by atoms with Crippen molar-refractivity contribution in [3.05, 3.63) is 76.2 Å². The molecule has 0 aliphatic carbocycles. The standard InChI is InChI=1S/C21H18F3N3O5S2/c1-32-16-8-3-2-5-13(16)10-25-18(28)12-33-20-26-11-17(19(29)27-20)34(30,31)15-7-4-6-14(9-15)21(22,23)24/h2-9,11H,10,12H2,1H3,(H,25,28)(H,26,27,29). The Balaban J connectivity index is 1.68. The lowest BCUT2D eigenvalue weighted by Gasteiger charge is -2.10. The maximum Gasteiger partial charge on any atom is 0.416 e. The van der Waals surface area contributed by atoms with Gasteiger partial charge in [0.1, 0.15) is 5.75 Å². The average Bonchev–Trinajstić information content (AvgIpc) is 2.81. The molecule has 13 heteroatoms. The Hall–Kier alpha value is -3.32. The van der Waals surface area contributed by atoms with Crippen molar-refractivity contribution in [2.45, 2.75) is 27.7 Å². The van der Waals surface area contributed by atoms with Crippen LogP contribution in [0.3, 0.4) is 0 Å². The van der Waals surface area contributed by atoms with Crippen LogP contribution in [0.25, 0.3) is 0 Å². The fourth-order valence-electron chi connectivity index (χ4n) is 2.83. The molecule has 0 unspecified atom stereocenters. The number of nitrogens with one attached hydrogen (secondary N) is 2. The lowest BCUT2D eigenvalue weighted by atomic mass is 10.2. The molecule has 0 saturated heterocycles. The number of methoxy groups -OCH3 is 1. The van der Waals surface area contributed by atoms with Gasteiger partial charge in [0.15, 0.2) is 10.1 Å². The molecular weight excluding hydrogens is 495 g/mol. The topological polar surface area (TPSA) is 118 Å². The van der Waals surface area contributed by atoms with E-state index >= 15 is 0 Å². The van der Waals surface area contributed by atoms with E-state index in [1.165, 1.54) is 7.11 Å². The monoisotopic (exact) mass is 513 g/mol. The van der Waals surface area contributed by atoms with Crippen molar-refractivity contribution in [3.8, 4) is 5.75 Å². The third-order valence-corrected chi connectivity index (χ3v) is 7.14. The van der Waals surface area contributed by atoms with Gasteiger partial charge >= 0.3 is 6.18 Å². The zero-order valence-electron chi connectivity index (χ0n) is 17.5. The van der Waals surface area contributed by atoms with Gasteiger partial charge in [-0.15, -0.1) is 0 Å². The van der Waals surface area contributed by atoms with Crippen molar-refractivity contribution in [1.29, 1.82) is 0 Å². The highest BCUT2D eigenvalue weighted by molar-refractivity contribution is 7.99. The largest absolute Gasteiger partial charge is 0.496 e. The summed E-state index contributed by atoms with van der Waals surface area (Å²) in [5.41, 5.74) is -1.47. The maximum absolute atomic E-state index is 12.9. The molecule has 3 rings (SSSR count). The molecule has 0 atom stereocenters. The van der Waals surface area contributed by atoms with Crippen LogP contribution < -0.4 is 15.6 Å². The second-order valence-electron chi connectivity index (χ2n) is 6.79. The SMILES string of the molecule is COc1ccccc1CNC(=O)CSc1ncc(S(=O)(=O)c2cccc(C(F)(F)F)c2)c(=O)[nH]1. The van der Waals surface area contributed by atoms with Crippen molar-refractivity contribution < 1.29 is 31.1 Å². The number of halogens is 3. The molecule has 1 heterocycles. The van der Waals surface area contributed by atoms with Gasteiger partial charge in [-0.25, -0.2) is 13.4 Å². The smallest absolute Gasteiger partial charge is 0.416 e. The summed E-state index contributed by atoms with van der Waals surface area (Å²) in [6, 6.07) is 10.2. The van der Waals surface area contributed by atoms with Gasteiger partial charge in [-0.05, 0) is 24.3 Å². The lowest BCUT2D eigenvalue weighted by Crippen LogP contribution is -2.25. The Morgan fingerprint density at radius 1 is 1.18 bits per heavy atom. The van der Waals surface area contributed by atoms with Crippen LogP contribution in [0.2, 0.25) is 0 Å². The molecule has 1 amide bonds. The summed E-state index contributed by atoms with van der Waals surface area (Å²) in [7, 11) is -3.04. The Kier molecular flexibility index (Phi) is 7.67. The number of ether oxygens (including phenoxy) is 1. The predicted octanol–water partition coefficient (Wildman–Crippen LogP) is 3.04. The van der Waals surface area contributed by atoms with E-state index in [1.54, 1.807) is 24.3 Å². The lowest BCUT2D eigenvalue weighted by molar-refractivity contribution is -0.137. The number of amides is 1. The Morgan fingerprint density at radius 2 is 1.91 bits per heavy atom. The van der Waals surface area contributed by atoms with Crippen LogP contribution in [0.1, 0.15) is 11.1 Å². The van der Waals surface area contributed by atoms with Crippen molar-refractivity contribution in [2.24, 2.45) is 0 Å². The minimum absolute atomic E-state index is 0.0274. The summed E-state index contributed by atoms with van der Waals surface area (Å²) in [6.45, 7) is 0.210. The highest BCUT2D eigenvalue weighted by Crippen LogP contribution is 2.31. The second kappa shape index (κ2) is 10.3. The first-order valence-electron chi connectivity index (χ1n) is 9.55. The van der Waals surface area contributed by atoms with E-state index < -0.39 is 36.9 Å². The fraction of sp³-hybridized carbons (Fsp3) is 0.190. The summed E-state index contributed by atoms with van der Waals surface area (Å²) in [5.74, 6) is 0.107. The molecule has 0 radical (unpaired) electrons. The van der Waals surface area contributed by atoms with E-state index in [9.17, 15) is 31.2 Å².